The lowest BCUT2D eigenvalue weighted by Gasteiger charge is -2.32. The molecule has 2 heterocycles. The summed E-state index contributed by atoms with van der Waals surface area (Å²) < 4.78 is 33.1. The summed E-state index contributed by atoms with van der Waals surface area (Å²) in [7, 11) is -1.72. The number of hydrogen-bond donors (Lipinski definition) is 1. The second-order valence-corrected chi connectivity index (χ2v) is 7.79. The number of hydrogen-bond acceptors (Lipinski definition) is 4. The van der Waals surface area contributed by atoms with E-state index < -0.39 is 10.2 Å². The average molecular weight is 329 g/mol. The summed E-state index contributed by atoms with van der Waals surface area (Å²) in [5.74, 6) is 1.53. The van der Waals surface area contributed by atoms with Gasteiger partial charge in [-0.2, -0.15) is 12.7 Å². The minimum Gasteiger partial charge on any atom is -0.468 e. The number of furan rings is 1. The topological polar surface area (TPSA) is 65.8 Å². The zero-order valence-electron chi connectivity index (χ0n) is 13.5. The third-order valence-electron chi connectivity index (χ3n) is 4.26. The quantitative estimate of drug-likeness (QED) is 0.788. The molecular weight excluding hydrogens is 302 g/mol. The van der Waals surface area contributed by atoms with Gasteiger partial charge in [0, 0.05) is 26.7 Å². The Kier molecular flexibility index (Phi) is 6.43. The van der Waals surface area contributed by atoms with E-state index in [2.05, 4.69) is 9.62 Å². The van der Waals surface area contributed by atoms with Crippen molar-refractivity contribution in [2.75, 3.05) is 33.2 Å². The molecule has 0 aromatic carbocycles. The molecule has 0 aliphatic carbocycles. The lowest BCUT2D eigenvalue weighted by molar-refractivity contribution is 0.152. The second kappa shape index (κ2) is 8.10. The summed E-state index contributed by atoms with van der Waals surface area (Å²) in [6, 6.07) is 3.91. The smallest absolute Gasteiger partial charge is 0.279 e. The van der Waals surface area contributed by atoms with E-state index in [1.165, 1.54) is 10.7 Å². The van der Waals surface area contributed by atoms with Crippen LogP contribution in [0.3, 0.4) is 0 Å². The van der Waals surface area contributed by atoms with Gasteiger partial charge in [-0.15, -0.1) is 0 Å². The molecule has 6 nitrogen and oxygen atoms in total. The van der Waals surface area contributed by atoms with Gasteiger partial charge in [0.1, 0.15) is 5.76 Å². The fourth-order valence-electron chi connectivity index (χ4n) is 2.83. The predicted octanol–water partition coefficient (Wildman–Crippen LogP) is 1.67. The molecule has 0 spiro atoms. The highest BCUT2D eigenvalue weighted by Crippen LogP contribution is 2.21. The molecule has 22 heavy (non-hydrogen) atoms. The minimum absolute atomic E-state index is 0.482. The Balaban J connectivity index is 1.74. The van der Waals surface area contributed by atoms with Crippen molar-refractivity contribution in [2.45, 2.75) is 32.7 Å². The molecule has 1 aromatic heterocycles. The van der Waals surface area contributed by atoms with Gasteiger partial charge in [0.25, 0.3) is 10.2 Å². The van der Waals surface area contributed by atoms with Crippen LogP contribution in [0.4, 0.5) is 0 Å². The van der Waals surface area contributed by atoms with Crippen LogP contribution < -0.4 is 4.72 Å². The second-order valence-electron chi connectivity index (χ2n) is 5.92. The fourth-order valence-corrected chi connectivity index (χ4v) is 3.76. The van der Waals surface area contributed by atoms with Crippen molar-refractivity contribution in [1.82, 2.24) is 13.9 Å². The van der Waals surface area contributed by atoms with E-state index in [1.807, 2.05) is 19.1 Å². The largest absolute Gasteiger partial charge is 0.468 e. The van der Waals surface area contributed by atoms with Gasteiger partial charge in [0.05, 0.1) is 12.8 Å². The maximum atomic E-state index is 11.9. The number of piperidine rings is 1. The van der Waals surface area contributed by atoms with Crippen LogP contribution >= 0.6 is 0 Å². The first kappa shape index (κ1) is 17.5. The standard InChI is InChI=1S/C15H27N3O3S/c1-3-17(2)22(19,20)16-9-8-14-6-4-10-18(12-14)13-15-7-5-11-21-15/h5,7,11,14,16H,3-4,6,8-10,12-13H2,1-2H3. The zero-order chi connectivity index (χ0) is 16.0. The van der Waals surface area contributed by atoms with Crippen LogP contribution in [-0.2, 0) is 16.8 Å². The van der Waals surface area contributed by atoms with E-state index in [-0.39, 0.29) is 0 Å². The van der Waals surface area contributed by atoms with Crippen LogP contribution in [0.25, 0.3) is 0 Å². The van der Waals surface area contributed by atoms with Gasteiger partial charge in [-0.1, -0.05) is 6.92 Å². The van der Waals surface area contributed by atoms with Crippen molar-refractivity contribution < 1.29 is 12.8 Å². The normalized spacial score (nSPS) is 20.6. The first-order valence-corrected chi connectivity index (χ1v) is 9.41. The number of rotatable bonds is 8. The van der Waals surface area contributed by atoms with E-state index in [0.29, 0.717) is 19.0 Å². The highest BCUT2D eigenvalue weighted by atomic mass is 32.2. The molecule has 1 saturated heterocycles. The van der Waals surface area contributed by atoms with Gasteiger partial charge in [0.2, 0.25) is 0 Å². The van der Waals surface area contributed by atoms with Crippen molar-refractivity contribution in [1.29, 1.82) is 0 Å². The van der Waals surface area contributed by atoms with E-state index in [0.717, 1.165) is 38.2 Å². The van der Waals surface area contributed by atoms with Crippen molar-refractivity contribution in [3.63, 3.8) is 0 Å². The molecule has 0 bridgehead atoms. The Morgan fingerprint density at radius 2 is 2.32 bits per heavy atom. The van der Waals surface area contributed by atoms with Crippen LogP contribution in [0.15, 0.2) is 22.8 Å². The molecule has 1 fully saturated rings. The third kappa shape index (κ3) is 5.08. The van der Waals surface area contributed by atoms with Gasteiger partial charge in [0.15, 0.2) is 0 Å². The minimum atomic E-state index is -3.31. The molecular formula is C15H27N3O3S. The summed E-state index contributed by atoms with van der Waals surface area (Å²) in [6.45, 7) is 5.75. The first-order valence-electron chi connectivity index (χ1n) is 7.97. The maximum Gasteiger partial charge on any atom is 0.279 e. The molecule has 1 N–H and O–H groups in total. The first-order chi connectivity index (χ1) is 10.5. The van der Waals surface area contributed by atoms with Gasteiger partial charge in [-0.3, -0.25) is 4.90 Å². The van der Waals surface area contributed by atoms with Crippen LogP contribution in [0.5, 0.6) is 0 Å². The van der Waals surface area contributed by atoms with E-state index in [4.69, 9.17) is 4.42 Å². The van der Waals surface area contributed by atoms with E-state index in [9.17, 15) is 8.42 Å². The van der Waals surface area contributed by atoms with Crippen molar-refractivity contribution in [3.8, 4) is 0 Å². The molecule has 7 heteroatoms. The Labute approximate surface area is 133 Å². The molecule has 1 aliphatic heterocycles. The van der Waals surface area contributed by atoms with Crippen LogP contribution in [0.1, 0.15) is 31.9 Å². The molecule has 1 atom stereocenters. The Morgan fingerprint density at radius 3 is 3.00 bits per heavy atom. The average Bonchev–Trinajstić information content (AvgIpc) is 2.99. The van der Waals surface area contributed by atoms with Crippen molar-refractivity contribution in [3.05, 3.63) is 24.2 Å². The predicted molar refractivity (Wildman–Crippen MR) is 86.6 cm³/mol. The van der Waals surface area contributed by atoms with Gasteiger partial charge >= 0.3 is 0 Å². The van der Waals surface area contributed by atoms with E-state index >= 15 is 0 Å². The van der Waals surface area contributed by atoms with Gasteiger partial charge < -0.3 is 4.42 Å². The van der Waals surface area contributed by atoms with Crippen LogP contribution in [0.2, 0.25) is 0 Å². The number of nitrogens with one attached hydrogen (secondary N) is 1. The number of likely N-dealkylation sites (tertiary alicyclic amines) is 1. The van der Waals surface area contributed by atoms with Crippen LogP contribution in [0, 0.1) is 5.92 Å². The van der Waals surface area contributed by atoms with Gasteiger partial charge in [-0.05, 0) is 43.9 Å². The Hall–Kier alpha value is -0.890. The summed E-state index contributed by atoms with van der Waals surface area (Å²) in [5.41, 5.74) is 0. The Morgan fingerprint density at radius 1 is 1.50 bits per heavy atom. The molecule has 0 saturated carbocycles. The lowest BCUT2D eigenvalue weighted by Crippen LogP contribution is -2.40. The summed E-state index contributed by atoms with van der Waals surface area (Å²) in [5, 5.41) is 0. The van der Waals surface area contributed by atoms with Crippen molar-refractivity contribution >= 4 is 10.2 Å². The summed E-state index contributed by atoms with van der Waals surface area (Å²) in [4.78, 5) is 2.39. The van der Waals surface area contributed by atoms with Gasteiger partial charge in [-0.25, -0.2) is 4.72 Å². The summed E-state index contributed by atoms with van der Waals surface area (Å²) >= 11 is 0. The third-order valence-corrected chi connectivity index (χ3v) is 5.90. The molecule has 1 unspecified atom stereocenters. The molecule has 0 radical (unpaired) electrons. The van der Waals surface area contributed by atoms with E-state index in [1.54, 1.807) is 13.3 Å². The van der Waals surface area contributed by atoms with Crippen LogP contribution in [-0.4, -0.2) is 50.8 Å². The lowest BCUT2D eigenvalue weighted by atomic mass is 9.95. The molecule has 1 aromatic rings. The molecule has 126 valence electrons. The fraction of sp³-hybridized carbons (Fsp3) is 0.733. The Bertz CT molecular complexity index is 530. The maximum absolute atomic E-state index is 11.9. The number of nitrogens with zero attached hydrogens (tertiary/aromatic N) is 2. The molecule has 0 amide bonds. The highest BCUT2D eigenvalue weighted by Gasteiger charge is 2.21. The molecule has 1 aliphatic rings. The zero-order valence-corrected chi connectivity index (χ0v) is 14.3. The van der Waals surface area contributed by atoms with Crippen molar-refractivity contribution in [2.24, 2.45) is 5.92 Å². The SMILES string of the molecule is CCN(C)S(=O)(=O)NCCC1CCCN(Cc2ccco2)C1. The summed E-state index contributed by atoms with van der Waals surface area (Å²) in [6.07, 6.45) is 4.91. The highest BCUT2D eigenvalue weighted by molar-refractivity contribution is 7.87. The molecule has 2 rings (SSSR count). The monoisotopic (exact) mass is 329 g/mol.